The highest BCUT2D eigenvalue weighted by Gasteiger charge is 2.05. The zero-order valence-corrected chi connectivity index (χ0v) is 11.0. The molecule has 1 aromatic heterocycles. The summed E-state index contributed by atoms with van der Waals surface area (Å²) >= 11 is 6.13. The fraction of sp³-hybridized carbons (Fsp3) is 0.308. The second-order valence-corrected chi connectivity index (χ2v) is 4.50. The van der Waals surface area contributed by atoms with Crippen LogP contribution in [0, 0.1) is 0 Å². The Kier molecular flexibility index (Phi) is 4.23. The fourth-order valence-corrected chi connectivity index (χ4v) is 1.84. The van der Waals surface area contributed by atoms with Gasteiger partial charge in [0, 0.05) is 18.4 Å². The zero-order valence-electron chi connectivity index (χ0n) is 10.2. The van der Waals surface area contributed by atoms with Gasteiger partial charge in [-0.2, -0.15) is 5.10 Å². The first-order valence-electron chi connectivity index (χ1n) is 5.82. The lowest BCUT2D eigenvalue weighted by Gasteiger charge is -2.11. The molecule has 0 aliphatic rings. The minimum Gasteiger partial charge on any atom is -0.490 e. The molecule has 0 bridgehead atoms. The van der Waals surface area contributed by atoms with Crippen LogP contribution in [0.25, 0.3) is 0 Å². The number of hydrogen-bond acceptors (Lipinski definition) is 3. The van der Waals surface area contributed by atoms with Gasteiger partial charge in [0.05, 0.1) is 11.6 Å². The maximum Gasteiger partial charge on any atom is 0.138 e. The second-order valence-electron chi connectivity index (χ2n) is 4.10. The molecule has 0 radical (unpaired) electrons. The van der Waals surface area contributed by atoms with E-state index in [0.717, 1.165) is 5.56 Å². The first kappa shape index (κ1) is 12.9. The highest BCUT2D eigenvalue weighted by molar-refractivity contribution is 6.32. The van der Waals surface area contributed by atoms with Crippen molar-refractivity contribution in [3.63, 3.8) is 0 Å². The van der Waals surface area contributed by atoms with E-state index in [-0.39, 0.29) is 6.04 Å². The van der Waals surface area contributed by atoms with Gasteiger partial charge in [-0.05, 0) is 30.7 Å². The summed E-state index contributed by atoms with van der Waals surface area (Å²) in [7, 11) is 0. The molecule has 2 aromatic rings. The second kappa shape index (κ2) is 5.89. The van der Waals surface area contributed by atoms with Gasteiger partial charge in [0.15, 0.2) is 0 Å². The quantitative estimate of drug-likeness (QED) is 0.904. The van der Waals surface area contributed by atoms with Crippen molar-refractivity contribution in [2.24, 2.45) is 5.73 Å². The van der Waals surface area contributed by atoms with Crippen LogP contribution in [0.2, 0.25) is 5.02 Å². The Hall–Kier alpha value is -1.52. The number of nitrogens with zero attached hydrogens (tertiary/aromatic N) is 2. The van der Waals surface area contributed by atoms with Crippen molar-refractivity contribution < 1.29 is 4.74 Å². The highest BCUT2D eigenvalue weighted by Crippen LogP contribution is 2.27. The molecule has 0 aliphatic heterocycles. The van der Waals surface area contributed by atoms with Crippen LogP contribution in [0.15, 0.2) is 36.7 Å². The van der Waals surface area contributed by atoms with Gasteiger partial charge in [0.1, 0.15) is 12.4 Å². The summed E-state index contributed by atoms with van der Waals surface area (Å²) in [6.45, 7) is 3.14. The predicted molar refractivity (Wildman–Crippen MR) is 71.8 cm³/mol. The molecule has 18 heavy (non-hydrogen) atoms. The molecule has 0 aliphatic carbocycles. The van der Waals surface area contributed by atoms with E-state index in [4.69, 9.17) is 22.1 Å². The molecule has 0 amide bonds. The maximum absolute atomic E-state index is 6.13. The van der Waals surface area contributed by atoms with Gasteiger partial charge in [-0.25, -0.2) is 0 Å². The molecule has 1 aromatic carbocycles. The molecule has 1 heterocycles. The van der Waals surface area contributed by atoms with Crippen molar-refractivity contribution in [3.05, 3.63) is 47.2 Å². The van der Waals surface area contributed by atoms with Crippen molar-refractivity contribution in [1.29, 1.82) is 0 Å². The molecule has 0 saturated carbocycles. The number of nitrogens with two attached hydrogens (primary N) is 1. The Balaban J connectivity index is 1.93. The third kappa shape index (κ3) is 3.24. The minimum absolute atomic E-state index is 0.0272. The number of benzene rings is 1. The molecule has 5 heteroatoms. The first-order chi connectivity index (χ1) is 8.66. The Bertz CT molecular complexity index is 497. The predicted octanol–water partition coefficient (Wildman–Crippen LogP) is 2.64. The summed E-state index contributed by atoms with van der Waals surface area (Å²) in [5, 5.41) is 4.68. The molecular formula is C13H16ClN3O. The van der Waals surface area contributed by atoms with Crippen LogP contribution in [-0.4, -0.2) is 16.4 Å². The maximum atomic E-state index is 6.13. The van der Waals surface area contributed by atoms with Gasteiger partial charge in [0.2, 0.25) is 0 Å². The van der Waals surface area contributed by atoms with E-state index in [1.165, 1.54) is 0 Å². The third-order valence-electron chi connectivity index (χ3n) is 2.62. The van der Waals surface area contributed by atoms with Crippen LogP contribution in [0.3, 0.4) is 0 Å². The molecule has 0 saturated heterocycles. The Labute approximate surface area is 111 Å². The standard InChI is InChI=1S/C13H16ClN3O/c1-10(15)11-3-4-13(12(14)9-11)18-8-7-17-6-2-5-16-17/h2-6,9-10H,7-8,15H2,1H3/t10-/m1/s1. The van der Waals surface area contributed by atoms with Crippen LogP contribution >= 0.6 is 11.6 Å². The van der Waals surface area contributed by atoms with Crippen molar-refractivity contribution >= 4 is 11.6 Å². The van der Waals surface area contributed by atoms with E-state index in [1.54, 1.807) is 6.20 Å². The van der Waals surface area contributed by atoms with Crippen molar-refractivity contribution in [2.45, 2.75) is 19.5 Å². The lowest BCUT2D eigenvalue weighted by molar-refractivity contribution is 0.291. The molecule has 2 rings (SSSR count). The molecule has 1 atom stereocenters. The summed E-state index contributed by atoms with van der Waals surface area (Å²) in [5.41, 5.74) is 6.79. The Morgan fingerprint density at radius 1 is 1.50 bits per heavy atom. The summed E-state index contributed by atoms with van der Waals surface area (Å²) in [4.78, 5) is 0. The van der Waals surface area contributed by atoms with Crippen LogP contribution in [0.4, 0.5) is 0 Å². The normalized spacial score (nSPS) is 12.4. The minimum atomic E-state index is -0.0272. The number of hydrogen-bond donors (Lipinski definition) is 1. The van der Waals surface area contributed by atoms with E-state index >= 15 is 0 Å². The topological polar surface area (TPSA) is 53.1 Å². The lowest BCUT2D eigenvalue weighted by Crippen LogP contribution is -2.09. The fourth-order valence-electron chi connectivity index (χ4n) is 1.60. The molecule has 0 fully saturated rings. The molecule has 2 N–H and O–H groups in total. The molecule has 4 nitrogen and oxygen atoms in total. The van der Waals surface area contributed by atoms with Crippen LogP contribution in [0.1, 0.15) is 18.5 Å². The number of rotatable bonds is 5. The van der Waals surface area contributed by atoms with Crippen LogP contribution in [-0.2, 0) is 6.54 Å². The lowest BCUT2D eigenvalue weighted by atomic mass is 10.1. The number of halogens is 1. The van der Waals surface area contributed by atoms with E-state index < -0.39 is 0 Å². The van der Waals surface area contributed by atoms with Gasteiger partial charge in [-0.3, -0.25) is 4.68 Å². The monoisotopic (exact) mass is 265 g/mol. The average Bonchev–Trinajstić information content (AvgIpc) is 2.84. The Morgan fingerprint density at radius 2 is 2.33 bits per heavy atom. The van der Waals surface area contributed by atoms with E-state index in [1.807, 2.05) is 42.1 Å². The van der Waals surface area contributed by atoms with Gasteiger partial charge >= 0.3 is 0 Å². The van der Waals surface area contributed by atoms with E-state index in [2.05, 4.69) is 5.10 Å². The van der Waals surface area contributed by atoms with Crippen LogP contribution < -0.4 is 10.5 Å². The summed E-state index contributed by atoms with van der Waals surface area (Å²) < 4.78 is 7.42. The summed E-state index contributed by atoms with van der Waals surface area (Å²) in [5.74, 6) is 0.674. The smallest absolute Gasteiger partial charge is 0.138 e. The van der Waals surface area contributed by atoms with Crippen molar-refractivity contribution in [2.75, 3.05) is 6.61 Å². The molecule has 96 valence electrons. The van der Waals surface area contributed by atoms with Gasteiger partial charge in [-0.1, -0.05) is 17.7 Å². The summed E-state index contributed by atoms with van der Waals surface area (Å²) in [6.07, 6.45) is 3.63. The largest absolute Gasteiger partial charge is 0.490 e. The molecule has 0 spiro atoms. The van der Waals surface area contributed by atoms with E-state index in [9.17, 15) is 0 Å². The third-order valence-corrected chi connectivity index (χ3v) is 2.91. The van der Waals surface area contributed by atoms with Gasteiger partial charge in [-0.15, -0.1) is 0 Å². The van der Waals surface area contributed by atoms with Crippen LogP contribution in [0.5, 0.6) is 5.75 Å². The Morgan fingerprint density at radius 3 is 2.94 bits per heavy atom. The van der Waals surface area contributed by atoms with Gasteiger partial charge < -0.3 is 10.5 Å². The highest BCUT2D eigenvalue weighted by atomic mass is 35.5. The van der Waals surface area contributed by atoms with E-state index in [0.29, 0.717) is 23.9 Å². The number of ether oxygens (including phenoxy) is 1. The van der Waals surface area contributed by atoms with Crippen molar-refractivity contribution in [1.82, 2.24) is 9.78 Å². The number of aromatic nitrogens is 2. The SMILES string of the molecule is C[C@@H](N)c1ccc(OCCn2cccn2)c(Cl)c1. The van der Waals surface area contributed by atoms with Gasteiger partial charge in [0.25, 0.3) is 0 Å². The molecule has 0 unspecified atom stereocenters. The average molecular weight is 266 g/mol. The first-order valence-corrected chi connectivity index (χ1v) is 6.20. The molecular weight excluding hydrogens is 250 g/mol. The zero-order chi connectivity index (χ0) is 13.0. The van der Waals surface area contributed by atoms with Crippen molar-refractivity contribution in [3.8, 4) is 5.75 Å². The summed E-state index contributed by atoms with van der Waals surface area (Å²) in [6, 6.07) is 7.48.